The molecule has 29 heavy (non-hydrogen) atoms. The van der Waals surface area contributed by atoms with Crippen molar-refractivity contribution in [1.82, 2.24) is 24.6 Å². The number of methoxy groups -OCH3 is 1. The Morgan fingerprint density at radius 3 is 2.69 bits per heavy atom. The van der Waals surface area contributed by atoms with Crippen LogP contribution in [0.4, 0.5) is 0 Å². The number of rotatable bonds is 7. The van der Waals surface area contributed by atoms with Gasteiger partial charge >= 0.3 is 0 Å². The van der Waals surface area contributed by atoms with Crippen molar-refractivity contribution < 1.29 is 9.53 Å². The van der Waals surface area contributed by atoms with E-state index < -0.39 is 0 Å². The van der Waals surface area contributed by atoms with E-state index in [0.717, 1.165) is 11.3 Å². The van der Waals surface area contributed by atoms with Gasteiger partial charge in [0.15, 0.2) is 0 Å². The van der Waals surface area contributed by atoms with E-state index in [2.05, 4.69) is 30.0 Å². The number of hydrogen-bond acceptors (Lipinski definition) is 6. The van der Waals surface area contributed by atoms with Crippen molar-refractivity contribution in [2.45, 2.75) is 40.7 Å². The van der Waals surface area contributed by atoms with Crippen molar-refractivity contribution in [2.75, 3.05) is 20.3 Å². The molecule has 0 aliphatic rings. The first-order valence-corrected chi connectivity index (χ1v) is 10.4. The van der Waals surface area contributed by atoms with Gasteiger partial charge in [-0.2, -0.15) is 5.10 Å². The van der Waals surface area contributed by atoms with Crippen LogP contribution in [-0.2, 0) is 4.74 Å². The molecule has 0 saturated heterocycles. The normalized spacial score (nSPS) is 11.3. The van der Waals surface area contributed by atoms with Gasteiger partial charge in [-0.1, -0.05) is 0 Å². The van der Waals surface area contributed by atoms with Gasteiger partial charge in [0, 0.05) is 41.2 Å². The fraction of sp³-hybridized carbons (Fsp3) is 0.429. The van der Waals surface area contributed by atoms with Crippen LogP contribution < -0.4 is 0 Å². The summed E-state index contributed by atoms with van der Waals surface area (Å²) >= 11 is 1.75. The van der Waals surface area contributed by atoms with Crippen LogP contribution in [-0.4, -0.2) is 56.9 Å². The molecule has 0 aliphatic carbocycles. The van der Waals surface area contributed by atoms with Gasteiger partial charge in [-0.3, -0.25) is 4.79 Å². The largest absolute Gasteiger partial charge is 0.383 e. The van der Waals surface area contributed by atoms with Crippen molar-refractivity contribution in [3.63, 3.8) is 0 Å². The Labute approximate surface area is 175 Å². The van der Waals surface area contributed by atoms with Crippen molar-refractivity contribution in [3.05, 3.63) is 45.5 Å². The maximum absolute atomic E-state index is 13.1. The minimum absolute atomic E-state index is 0.0600. The number of carbonyl (C=O) groups is 1. The highest BCUT2D eigenvalue weighted by Gasteiger charge is 2.23. The summed E-state index contributed by atoms with van der Waals surface area (Å²) in [7, 11) is 1.63. The van der Waals surface area contributed by atoms with Gasteiger partial charge < -0.3 is 9.64 Å². The SMILES string of the molecule is COCCN(C(=O)c1cnn(-c2nccc(-c3cc(C)sc3C)n2)c1C)C(C)C. The smallest absolute Gasteiger partial charge is 0.257 e. The van der Waals surface area contributed by atoms with Gasteiger partial charge in [-0.25, -0.2) is 14.6 Å². The molecule has 1 amide bonds. The maximum Gasteiger partial charge on any atom is 0.257 e. The molecule has 8 heteroatoms. The fourth-order valence-corrected chi connectivity index (χ4v) is 4.18. The van der Waals surface area contributed by atoms with E-state index in [0.29, 0.717) is 30.4 Å². The number of hydrogen-bond donors (Lipinski definition) is 0. The molecule has 0 aliphatic heterocycles. The van der Waals surface area contributed by atoms with Crippen molar-refractivity contribution in [2.24, 2.45) is 0 Å². The molecule has 0 unspecified atom stereocenters. The van der Waals surface area contributed by atoms with Crippen LogP contribution in [0, 0.1) is 20.8 Å². The van der Waals surface area contributed by atoms with Crippen LogP contribution in [0.2, 0.25) is 0 Å². The van der Waals surface area contributed by atoms with Crippen LogP contribution in [0.5, 0.6) is 0 Å². The quantitative estimate of drug-likeness (QED) is 0.589. The minimum Gasteiger partial charge on any atom is -0.383 e. The summed E-state index contributed by atoms with van der Waals surface area (Å²) in [6, 6.07) is 4.09. The first-order valence-electron chi connectivity index (χ1n) is 9.58. The molecule has 0 bridgehead atoms. The molecule has 7 nitrogen and oxygen atoms in total. The third-order valence-corrected chi connectivity index (χ3v) is 5.78. The second-order valence-electron chi connectivity index (χ2n) is 7.21. The number of aromatic nitrogens is 4. The monoisotopic (exact) mass is 413 g/mol. The van der Waals surface area contributed by atoms with Gasteiger partial charge in [-0.05, 0) is 46.8 Å². The summed E-state index contributed by atoms with van der Waals surface area (Å²) < 4.78 is 6.77. The number of ether oxygens (including phenoxy) is 1. The van der Waals surface area contributed by atoms with Crippen LogP contribution >= 0.6 is 11.3 Å². The maximum atomic E-state index is 13.1. The third-order valence-electron chi connectivity index (χ3n) is 4.81. The predicted molar refractivity (Wildman–Crippen MR) is 115 cm³/mol. The Hall–Kier alpha value is -2.58. The Bertz CT molecular complexity index is 1010. The molecule has 3 aromatic rings. The van der Waals surface area contributed by atoms with Crippen LogP contribution in [0.15, 0.2) is 24.5 Å². The van der Waals surface area contributed by atoms with Gasteiger partial charge in [0.25, 0.3) is 11.9 Å². The van der Waals surface area contributed by atoms with Gasteiger partial charge in [0.1, 0.15) is 0 Å². The minimum atomic E-state index is -0.0683. The average molecular weight is 414 g/mol. The average Bonchev–Trinajstić information content (AvgIpc) is 3.23. The zero-order valence-electron chi connectivity index (χ0n) is 17.8. The van der Waals surface area contributed by atoms with E-state index in [4.69, 9.17) is 9.72 Å². The lowest BCUT2D eigenvalue weighted by atomic mass is 10.2. The Balaban J connectivity index is 1.94. The molecule has 0 atom stereocenters. The van der Waals surface area contributed by atoms with Gasteiger partial charge in [0.05, 0.1) is 29.8 Å². The van der Waals surface area contributed by atoms with Crippen molar-refractivity contribution in [3.8, 4) is 17.2 Å². The Morgan fingerprint density at radius 2 is 2.07 bits per heavy atom. The molecule has 3 aromatic heterocycles. The predicted octanol–water partition coefficient (Wildman–Crippen LogP) is 3.81. The summed E-state index contributed by atoms with van der Waals surface area (Å²) in [5, 5.41) is 4.41. The molecule has 3 rings (SSSR count). The topological polar surface area (TPSA) is 73.1 Å². The van der Waals surface area contributed by atoms with Crippen LogP contribution in [0.1, 0.15) is 39.7 Å². The van der Waals surface area contributed by atoms with Crippen molar-refractivity contribution in [1.29, 1.82) is 0 Å². The number of thiophene rings is 1. The van der Waals surface area contributed by atoms with E-state index in [-0.39, 0.29) is 11.9 Å². The first-order chi connectivity index (χ1) is 13.8. The highest BCUT2D eigenvalue weighted by Crippen LogP contribution is 2.29. The summed E-state index contributed by atoms with van der Waals surface area (Å²) in [5.74, 6) is 0.386. The molecule has 0 N–H and O–H groups in total. The van der Waals surface area contributed by atoms with Crippen LogP contribution in [0.3, 0.4) is 0 Å². The first kappa shape index (κ1) is 21.1. The van der Waals surface area contributed by atoms with E-state index >= 15 is 0 Å². The zero-order valence-corrected chi connectivity index (χ0v) is 18.6. The lowest BCUT2D eigenvalue weighted by Crippen LogP contribution is -2.39. The molecule has 0 fully saturated rings. The summed E-state index contributed by atoms with van der Waals surface area (Å²) in [6.45, 7) is 11.0. The number of nitrogens with zero attached hydrogens (tertiary/aromatic N) is 5. The van der Waals surface area contributed by atoms with E-state index in [1.165, 1.54) is 9.75 Å². The van der Waals surface area contributed by atoms with E-state index in [1.807, 2.05) is 26.8 Å². The second-order valence-corrected chi connectivity index (χ2v) is 8.67. The zero-order chi connectivity index (χ0) is 21.1. The molecule has 0 saturated carbocycles. The fourth-order valence-electron chi connectivity index (χ4n) is 3.25. The molecule has 154 valence electrons. The summed E-state index contributed by atoms with van der Waals surface area (Å²) in [6.07, 6.45) is 3.32. The molecule has 0 spiro atoms. The molecular formula is C21H27N5O2S. The molecule has 0 radical (unpaired) electrons. The molecule has 0 aromatic carbocycles. The van der Waals surface area contributed by atoms with Crippen LogP contribution in [0.25, 0.3) is 17.2 Å². The summed E-state index contributed by atoms with van der Waals surface area (Å²) in [5.41, 5.74) is 3.21. The second kappa shape index (κ2) is 8.84. The summed E-state index contributed by atoms with van der Waals surface area (Å²) in [4.78, 5) is 26.4. The number of aryl methyl sites for hydroxylation is 2. The number of carbonyl (C=O) groups excluding carboxylic acids is 1. The molecular weight excluding hydrogens is 386 g/mol. The lowest BCUT2D eigenvalue weighted by molar-refractivity contribution is 0.0634. The third kappa shape index (κ3) is 4.38. The Morgan fingerprint density at radius 1 is 1.31 bits per heavy atom. The molecule has 3 heterocycles. The highest BCUT2D eigenvalue weighted by atomic mass is 32.1. The standard InChI is InChI=1S/C21H27N5O2S/c1-13(2)25(9-10-28-6)20(27)18-12-23-26(15(18)4)21-22-8-7-19(24-21)17-11-14(3)29-16(17)5/h7-8,11-13H,9-10H2,1-6H3. The Kier molecular flexibility index (Phi) is 6.44. The number of amides is 1. The van der Waals surface area contributed by atoms with E-state index in [1.54, 1.807) is 40.4 Å². The lowest BCUT2D eigenvalue weighted by Gasteiger charge is -2.26. The van der Waals surface area contributed by atoms with Gasteiger partial charge in [0.2, 0.25) is 0 Å². The highest BCUT2D eigenvalue weighted by molar-refractivity contribution is 7.12. The van der Waals surface area contributed by atoms with Gasteiger partial charge in [-0.15, -0.1) is 11.3 Å². The van der Waals surface area contributed by atoms with E-state index in [9.17, 15) is 4.79 Å². The van der Waals surface area contributed by atoms with Crippen molar-refractivity contribution >= 4 is 17.2 Å².